The Balaban J connectivity index is 1.96. The average Bonchev–Trinajstić information content (AvgIpc) is 2.58. The van der Waals surface area contributed by atoms with Gasteiger partial charge in [-0.1, -0.05) is 5.16 Å². The fourth-order valence-corrected chi connectivity index (χ4v) is 2.02. The van der Waals surface area contributed by atoms with E-state index in [1.165, 1.54) is 12.8 Å². The molecular formula is C10H18N4O. The van der Waals surface area contributed by atoms with Gasteiger partial charge in [-0.2, -0.15) is 4.98 Å². The van der Waals surface area contributed by atoms with Gasteiger partial charge >= 0.3 is 0 Å². The third kappa shape index (κ3) is 3.00. The van der Waals surface area contributed by atoms with Gasteiger partial charge in [0.2, 0.25) is 6.39 Å². The van der Waals surface area contributed by atoms with E-state index in [0.717, 1.165) is 32.0 Å². The van der Waals surface area contributed by atoms with Crippen LogP contribution in [0, 0.1) is 0 Å². The molecular weight excluding hydrogens is 192 g/mol. The molecule has 2 heterocycles. The number of hydrogen-bond donors (Lipinski definition) is 1. The van der Waals surface area contributed by atoms with Crippen molar-refractivity contribution in [1.29, 1.82) is 0 Å². The van der Waals surface area contributed by atoms with Crippen LogP contribution in [-0.4, -0.2) is 40.2 Å². The standard InChI is InChI=1S/C10H18N4O/c1-10(2)7-14(5-3-4-12-10)6-9-11-8-15-13-9/h8,12H,3-7H2,1-2H3. The highest BCUT2D eigenvalue weighted by atomic mass is 16.5. The molecule has 0 spiro atoms. The minimum atomic E-state index is 0.167. The topological polar surface area (TPSA) is 54.2 Å². The Kier molecular flexibility index (Phi) is 3.02. The second-order valence-electron chi connectivity index (χ2n) is 4.72. The Morgan fingerprint density at radius 3 is 3.20 bits per heavy atom. The molecule has 0 aromatic carbocycles. The number of aromatic nitrogens is 2. The Labute approximate surface area is 89.8 Å². The van der Waals surface area contributed by atoms with Crippen molar-refractivity contribution in [2.24, 2.45) is 0 Å². The van der Waals surface area contributed by atoms with Crippen LogP contribution in [0.25, 0.3) is 0 Å². The van der Waals surface area contributed by atoms with E-state index in [1.807, 2.05) is 0 Å². The molecule has 0 atom stereocenters. The van der Waals surface area contributed by atoms with Gasteiger partial charge in [0.25, 0.3) is 0 Å². The van der Waals surface area contributed by atoms with Crippen LogP contribution in [0.2, 0.25) is 0 Å². The molecule has 1 N–H and O–H groups in total. The first-order valence-electron chi connectivity index (χ1n) is 5.38. The van der Waals surface area contributed by atoms with Crippen molar-refractivity contribution < 1.29 is 4.52 Å². The van der Waals surface area contributed by atoms with Crippen LogP contribution in [0.15, 0.2) is 10.9 Å². The van der Waals surface area contributed by atoms with E-state index in [2.05, 4.69) is 34.2 Å². The Bertz CT molecular complexity index is 296. The lowest BCUT2D eigenvalue weighted by molar-refractivity contribution is 0.216. The Morgan fingerprint density at radius 1 is 1.60 bits per heavy atom. The highest BCUT2D eigenvalue weighted by Crippen LogP contribution is 2.12. The van der Waals surface area contributed by atoms with E-state index >= 15 is 0 Å². The summed E-state index contributed by atoms with van der Waals surface area (Å²) in [5, 5.41) is 7.37. The molecule has 0 bridgehead atoms. The molecule has 0 radical (unpaired) electrons. The molecule has 5 heteroatoms. The second kappa shape index (κ2) is 4.28. The number of nitrogens with zero attached hydrogens (tertiary/aromatic N) is 3. The molecule has 0 aliphatic carbocycles. The van der Waals surface area contributed by atoms with Gasteiger partial charge in [0, 0.05) is 12.1 Å². The highest BCUT2D eigenvalue weighted by molar-refractivity contribution is 4.87. The molecule has 2 rings (SSSR count). The zero-order valence-electron chi connectivity index (χ0n) is 9.36. The van der Waals surface area contributed by atoms with Gasteiger partial charge in [0.05, 0.1) is 6.54 Å². The molecule has 0 saturated carbocycles. The fraction of sp³-hybridized carbons (Fsp3) is 0.800. The molecule has 1 aliphatic rings. The van der Waals surface area contributed by atoms with Crippen LogP contribution in [0.3, 0.4) is 0 Å². The van der Waals surface area contributed by atoms with Crippen LogP contribution in [0.1, 0.15) is 26.1 Å². The lowest BCUT2D eigenvalue weighted by atomic mass is 10.1. The van der Waals surface area contributed by atoms with Crippen LogP contribution in [0.5, 0.6) is 0 Å². The largest absolute Gasteiger partial charge is 0.343 e. The van der Waals surface area contributed by atoms with Gasteiger partial charge < -0.3 is 9.84 Å². The first-order valence-corrected chi connectivity index (χ1v) is 5.38. The first kappa shape index (κ1) is 10.6. The van der Waals surface area contributed by atoms with Crippen molar-refractivity contribution in [2.45, 2.75) is 32.4 Å². The van der Waals surface area contributed by atoms with Crippen LogP contribution < -0.4 is 5.32 Å². The van der Waals surface area contributed by atoms with Crippen molar-refractivity contribution in [2.75, 3.05) is 19.6 Å². The summed E-state index contributed by atoms with van der Waals surface area (Å²) in [5.74, 6) is 0.771. The lowest BCUT2D eigenvalue weighted by Gasteiger charge is -2.29. The fourth-order valence-electron chi connectivity index (χ4n) is 2.02. The van der Waals surface area contributed by atoms with Crippen molar-refractivity contribution in [3.8, 4) is 0 Å². The van der Waals surface area contributed by atoms with Crippen LogP contribution in [-0.2, 0) is 6.54 Å². The summed E-state index contributed by atoms with van der Waals surface area (Å²) in [6, 6.07) is 0. The number of rotatable bonds is 2. The van der Waals surface area contributed by atoms with Crippen molar-refractivity contribution in [1.82, 2.24) is 20.4 Å². The summed E-state index contributed by atoms with van der Waals surface area (Å²) in [6.45, 7) is 8.41. The van der Waals surface area contributed by atoms with Crippen LogP contribution >= 0.6 is 0 Å². The maximum atomic E-state index is 4.74. The summed E-state index contributed by atoms with van der Waals surface area (Å²) >= 11 is 0. The second-order valence-corrected chi connectivity index (χ2v) is 4.72. The van der Waals surface area contributed by atoms with Gasteiger partial charge in [-0.25, -0.2) is 0 Å². The van der Waals surface area contributed by atoms with Crippen molar-refractivity contribution in [3.63, 3.8) is 0 Å². The zero-order chi connectivity index (χ0) is 10.7. The third-order valence-corrected chi connectivity index (χ3v) is 2.65. The average molecular weight is 210 g/mol. The van der Waals surface area contributed by atoms with E-state index in [9.17, 15) is 0 Å². The molecule has 1 aliphatic heterocycles. The predicted molar refractivity (Wildman–Crippen MR) is 56.3 cm³/mol. The highest BCUT2D eigenvalue weighted by Gasteiger charge is 2.24. The van der Waals surface area contributed by atoms with Gasteiger partial charge in [-0.05, 0) is 33.4 Å². The summed E-state index contributed by atoms with van der Waals surface area (Å²) in [6.07, 6.45) is 2.55. The normalized spacial score (nSPS) is 22.5. The molecule has 0 unspecified atom stereocenters. The van der Waals surface area contributed by atoms with E-state index in [1.54, 1.807) is 0 Å². The molecule has 1 fully saturated rings. The van der Waals surface area contributed by atoms with Gasteiger partial charge in [0.15, 0.2) is 5.82 Å². The van der Waals surface area contributed by atoms with E-state index in [0.29, 0.717) is 0 Å². The summed E-state index contributed by atoms with van der Waals surface area (Å²) in [7, 11) is 0. The summed E-state index contributed by atoms with van der Waals surface area (Å²) in [4.78, 5) is 6.41. The van der Waals surface area contributed by atoms with E-state index in [4.69, 9.17) is 4.52 Å². The van der Waals surface area contributed by atoms with Gasteiger partial charge in [-0.15, -0.1) is 0 Å². The van der Waals surface area contributed by atoms with E-state index < -0.39 is 0 Å². The predicted octanol–water partition coefficient (Wildman–Crippen LogP) is 0.644. The minimum Gasteiger partial charge on any atom is -0.343 e. The molecule has 1 aromatic rings. The van der Waals surface area contributed by atoms with Gasteiger partial charge in [0.1, 0.15) is 0 Å². The van der Waals surface area contributed by atoms with Crippen molar-refractivity contribution >= 4 is 0 Å². The van der Waals surface area contributed by atoms with Crippen molar-refractivity contribution in [3.05, 3.63) is 12.2 Å². The molecule has 1 saturated heterocycles. The Morgan fingerprint density at radius 2 is 2.47 bits per heavy atom. The lowest BCUT2D eigenvalue weighted by Crippen LogP contribution is -2.46. The Hall–Kier alpha value is -0.940. The summed E-state index contributed by atoms with van der Waals surface area (Å²) in [5.41, 5.74) is 0.167. The molecule has 0 amide bonds. The molecule has 1 aromatic heterocycles. The SMILES string of the molecule is CC1(C)CN(Cc2ncon2)CCCN1. The minimum absolute atomic E-state index is 0.167. The number of nitrogens with one attached hydrogen (secondary N) is 1. The number of hydrogen-bond acceptors (Lipinski definition) is 5. The molecule has 5 nitrogen and oxygen atoms in total. The van der Waals surface area contributed by atoms with E-state index in [-0.39, 0.29) is 5.54 Å². The maximum Gasteiger partial charge on any atom is 0.213 e. The van der Waals surface area contributed by atoms with Gasteiger partial charge in [-0.3, -0.25) is 4.90 Å². The smallest absolute Gasteiger partial charge is 0.213 e. The third-order valence-electron chi connectivity index (χ3n) is 2.65. The first-order chi connectivity index (χ1) is 7.16. The summed E-state index contributed by atoms with van der Waals surface area (Å²) < 4.78 is 4.74. The molecule has 15 heavy (non-hydrogen) atoms. The monoisotopic (exact) mass is 210 g/mol. The van der Waals surface area contributed by atoms with Crippen LogP contribution in [0.4, 0.5) is 0 Å². The maximum absolute atomic E-state index is 4.74. The quantitative estimate of drug-likeness (QED) is 0.776. The molecule has 84 valence electrons. The zero-order valence-corrected chi connectivity index (χ0v) is 9.36.